The number of para-hydroxylation sites is 2. The summed E-state index contributed by atoms with van der Waals surface area (Å²) in [6.07, 6.45) is 3.54. The Morgan fingerprint density at radius 1 is 1.39 bits per heavy atom. The number of benzene rings is 1. The molecule has 0 radical (unpaired) electrons. The van der Waals surface area contributed by atoms with Crippen molar-refractivity contribution in [3.8, 4) is 5.75 Å². The van der Waals surface area contributed by atoms with E-state index in [0.717, 1.165) is 31.9 Å². The van der Waals surface area contributed by atoms with Crippen LogP contribution in [0.3, 0.4) is 0 Å². The fourth-order valence-electron chi connectivity index (χ4n) is 2.54. The number of nitrogens with zero attached hydrogens (tertiary/aromatic N) is 1. The SMILES string of the molecule is CNCCCC(C)N1CCCOc2ccccc21. The second-order valence-electron chi connectivity index (χ2n) is 4.96. The summed E-state index contributed by atoms with van der Waals surface area (Å²) in [6, 6.07) is 8.97. The molecule has 0 spiro atoms. The lowest BCUT2D eigenvalue weighted by molar-refractivity contribution is 0.322. The molecule has 1 aliphatic heterocycles. The van der Waals surface area contributed by atoms with E-state index < -0.39 is 0 Å². The van der Waals surface area contributed by atoms with Crippen molar-refractivity contribution in [1.29, 1.82) is 0 Å². The number of nitrogens with one attached hydrogen (secondary N) is 1. The summed E-state index contributed by atoms with van der Waals surface area (Å²) in [5.74, 6) is 1.04. The molecule has 1 unspecified atom stereocenters. The van der Waals surface area contributed by atoms with Gasteiger partial charge in [-0.3, -0.25) is 0 Å². The molecule has 1 aliphatic rings. The summed E-state index contributed by atoms with van der Waals surface area (Å²) in [6.45, 7) is 5.34. The van der Waals surface area contributed by atoms with Gasteiger partial charge in [0.1, 0.15) is 5.75 Å². The maximum absolute atomic E-state index is 5.80. The Kier molecular flexibility index (Phi) is 4.88. The zero-order valence-electron chi connectivity index (χ0n) is 11.5. The van der Waals surface area contributed by atoms with E-state index in [2.05, 4.69) is 35.3 Å². The van der Waals surface area contributed by atoms with Gasteiger partial charge in [-0.25, -0.2) is 0 Å². The van der Waals surface area contributed by atoms with Crippen LogP contribution in [0.2, 0.25) is 0 Å². The molecular formula is C15H24N2O. The third-order valence-corrected chi connectivity index (χ3v) is 3.56. The molecular weight excluding hydrogens is 224 g/mol. The van der Waals surface area contributed by atoms with Gasteiger partial charge in [0.05, 0.1) is 12.3 Å². The Hall–Kier alpha value is -1.22. The quantitative estimate of drug-likeness (QED) is 0.811. The number of hydrogen-bond acceptors (Lipinski definition) is 3. The standard InChI is InChI=1S/C15H24N2O/c1-13(7-5-10-16-2)17-11-6-12-18-15-9-4-3-8-14(15)17/h3-4,8-9,13,16H,5-7,10-12H2,1-2H3. The second kappa shape index (κ2) is 6.64. The first-order chi connectivity index (χ1) is 8.83. The Morgan fingerprint density at radius 2 is 2.22 bits per heavy atom. The highest BCUT2D eigenvalue weighted by molar-refractivity contribution is 5.59. The van der Waals surface area contributed by atoms with E-state index in [0.29, 0.717) is 6.04 Å². The highest BCUT2D eigenvalue weighted by Crippen LogP contribution is 2.32. The molecule has 100 valence electrons. The highest BCUT2D eigenvalue weighted by atomic mass is 16.5. The van der Waals surface area contributed by atoms with Crippen LogP contribution in [0.4, 0.5) is 5.69 Å². The molecule has 1 heterocycles. The first kappa shape index (κ1) is 13.2. The first-order valence-electron chi connectivity index (χ1n) is 6.96. The zero-order valence-corrected chi connectivity index (χ0v) is 11.5. The maximum Gasteiger partial charge on any atom is 0.142 e. The van der Waals surface area contributed by atoms with Crippen LogP contribution in [0.25, 0.3) is 0 Å². The lowest BCUT2D eigenvalue weighted by atomic mass is 10.1. The van der Waals surface area contributed by atoms with Crippen molar-refractivity contribution < 1.29 is 4.74 Å². The summed E-state index contributed by atoms with van der Waals surface area (Å²) in [7, 11) is 2.01. The van der Waals surface area contributed by atoms with Gasteiger partial charge in [-0.1, -0.05) is 12.1 Å². The molecule has 0 fully saturated rings. The predicted octanol–water partition coefficient (Wildman–Crippen LogP) is 2.66. The van der Waals surface area contributed by atoms with Crippen molar-refractivity contribution >= 4 is 5.69 Å². The first-order valence-corrected chi connectivity index (χ1v) is 6.96. The Bertz CT molecular complexity index is 367. The minimum absolute atomic E-state index is 0.571. The molecule has 1 aromatic carbocycles. The van der Waals surface area contributed by atoms with Crippen molar-refractivity contribution in [1.82, 2.24) is 5.32 Å². The van der Waals surface area contributed by atoms with Crippen molar-refractivity contribution in [3.63, 3.8) is 0 Å². The van der Waals surface area contributed by atoms with Gasteiger partial charge >= 0.3 is 0 Å². The molecule has 1 aromatic rings. The molecule has 18 heavy (non-hydrogen) atoms. The van der Waals surface area contributed by atoms with Gasteiger partial charge in [0.15, 0.2) is 0 Å². The number of anilines is 1. The normalized spacial score (nSPS) is 16.7. The van der Waals surface area contributed by atoms with Gasteiger partial charge in [0, 0.05) is 12.6 Å². The van der Waals surface area contributed by atoms with E-state index >= 15 is 0 Å². The van der Waals surface area contributed by atoms with Gasteiger partial charge in [0.2, 0.25) is 0 Å². The molecule has 0 amide bonds. The van der Waals surface area contributed by atoms with Crippen LogP contribution in [0.15, 0.2) is 24.3 Å². The molecule has 0 saturated carbocycles. The molecule has 0 bridgehead atoms. The van der Waals surface area contributed by atoms with Crippen LogP contribution in [0, 0.1) is 0 Å². The van der Waals surface area contributed by atoms with Gasteiger partial charge < -0.3 is 15.0 Å². The topological polar surface area (TPSA) is 24.5 Å². The third kappa shape index (κ3) is 3.16. The van der Waals surface area contributed by atoms with E-state index in [4.69, 9.17) is 4.74 Å². The molecule has 2 rings (SSSR count). The van der Waals surface area contributed by atoms with Crippen molar-refractivity contribution in [2.75, 3.05) is 31.6 Å². The summed E-state index contributed by atoms with van der Waals surface area (Å²) in [5, 5.41) is 3.21. The van der Waals surface area contributed by atoms with Crippen molar-refractivity contribution in [3.05, 3.63) is 24.3 Å². The largest absolute Gasteiger partial charge is 0.491 e. The number of ether oxygens (including phenoxy) is 1. The lowest BCUT2D eigenvalue weighted by Crippen LogP contribution is -2.34. The summed E-state index contributed by atoms with van der Waals surface area (Å²) in [5.41, 5.74) is 1.26. The summed E-state index contributed by atoms with van der Waals surface area (Å²) < 4.78 is 5.80. The monoisotopic (exact) mass is 248 g/mol. The third-order valence-electron chi connectivity index (χ3n) is 3.56. The average Bonchev–Trinajstić information content (AvgIpc) is 2.61. The average molecular weight is 248 g/mol. The highest BCUT2D eigenvalue weighted by Gasteiger charge is 2.20. The van der Waals surface area contributed by atoms with E-state index in [-0.39, 0.29) is 0 Å². The van der Waals surface area contributed by atoms with E-state index in [1.807, 2.05) is 13.1 Å². The number of fused-ring (bicyclic) bond motifs is 1. The maximum atomic E-state index is 5.80. The summed E-state index contributed by atoms with van der Waals surface area (Å²) >= 11 is 0. The van der Waals surface area contributed by atoms with Crippen LogP contribution < -0.4 is 15.0 Å². The molecule has 1 atom stereocenters. The van der Waals surface area contributed by atoms with Crippen LogP contribution in [0.1, 0.15) is 26.2 Å². The van der Waals surface area contributed by atoms with E-state index in [9.17, 15) is 0 Å². The number of rotatable bonds is 5. The minimum atomic E-state index is 0.571. The van der Waals surface area contributed by atoms with E-state index in [1.165, 1.54) is 18.5 Å². The Balaban J connectivity index is 2.07. The number of hydrogen-bond donors (Lipinski definition) is 1. The summed E-state index contributed by atoms with van der Waals surface area (Å²) in [4.78, 5) is 2.50. The van der Waals surface area contributed by atoms with Crippen molar-refractivity contribution in [2.24, 2.45) is 0 Å². The van der Waals surface area contributed by atoms with Gasteiger partial charge in [-0.2, -0.15) is 0 Å². The van der Waals surface area contributed by atoms with Crippen LogP contribution >= 0.6 is 0 Å². The smallest absolute Gasteiger partial charge is 0.142 e. The van der Waals surface area contributed by atoms with E-state index in [1.54, 1.807) is 0 Å². The Labute approximate surface area is 110 Å². The second-order valence-corrected chi connectivity index (χ2v) is 4.96. The molecule has 1 N–H and O–H groups in total. The van der Waals surface area contributed by atoms with Crippen LogP contribution in [-0.4, -0.2) is 32.8 Å². The molecule has 0 saturated heterocycles. The minimum Gasteiger partial charge on any atom is -0.491 e. The van der Waals surface area contributed by atoms with Gasteiger partial charge in [-0.05, 0) is 51.9 Å². The van der Waals surface area contributed by atoms with Crippen LogP contribution in [-0.2, 0) is 0 Å². The van der Waals surface area contributed by atoms with Gasteiger partial charge in [-0.15, -0.1) is 0 Å². The van der Waals surface area contributed by atoms with Crippen molar-refractivity contribution in [2.45, 2.75) is 32.2 Å². The molecule has 3 nitrogen and oxygen atoms in total. The van der Waals surface area contributed by atoms with Crippen LogP contribution in [0.5, 0.6) is 5.75 Å². The fraction of sp³-hybridized carbons (Fsp3) is 0.600. The molecule has 3 heteroatoms. The predicted molar refractivity (Wildman–Crippen MR) is 76.5 cm³/mol. The van der Waals surface area contributed by atoms with Gasteiger partial charge in [0.25, 0.3) is 0 Å². The zero-order chi connectivity index (χ0) is 12.8. The molecule has 0 aliphatic carbocycles. The molecule has 0 aromatic heterocycles. The Morgan fingerprint density at radius 3 is 3.06 bits per heavy atom. The fourth-order valence-corrected chi connectivity index (χ4v) is 2.54. The lowest BCUT2D eigenvalue weighted by Gasteiger charge is -2.30.